The molecule has 2 unspecified atom stereocenters. The first-order valence-electron chi connectivity index (χ1n) is 7.88. The Balaban J connectivity index is 2.00. The summed E-state index contributed by atoms with van der Waals surface area (Å²) in [6.07, 6.45) is 1.23. The van der Waals surface area contributed by atoms with E-state index in [1.54, 1.807) is 7.11 Å². The molecular formula is C17H28N2O2. The van der Waals surface area contributed by atoms with Crippen LogP contribution in [0.3, 0.4) is 0 Å². The van der Waals surface area contributed by atoms with Gasteiger partial charge in [0.1, 0.15) is 5.75 Å². The van der Waals surface area contributed by atoms with Gasteiger partial charge in [-0.1, -0.05) is 18.2 Å². The van der Waals surface area contributed by atoms with Gasteiger partial charge < -0.3 is 19.7 Å². The lowest BCUT2D eigenvalue weighted by Crippen LogP contribution is -2.33. The van der Waals surface area contributed by atoms with E-state index in [4.69, 9.17) is 9.47 Å². The fraction of sp³-hybridized carbons (Fsp3) is 0.647. The van der Waals surface area contributed by atoms with E-state index >= 15 is 0 Å². The third-order valence-corrected chi connectivity index (χ3v) is 4.16. The summed E-state index contributed by atoms with van der Waals surface area (Å²) in [4.78, 5) is 2.52. The minimum absolute atomic E-state index is 0.300. The number of likely N-dealkylation sites (N-methyl/N-ethyl adjacent to an activating group) is 1. The zero-order chi connectivity index (χ0) is 15.1. The van der Waals surface area contributed by atoms with Gasteiger partial charge in [0.05, 0.1) is 13.2 Å². The van der Waals surface area contributed by atoms with Crippen LogP contribution in [0.4, 0.5) is 0 Å². The molecule has 0 spiro atoms. The summed E-state index contributed by atoms with van der Waals surface area (Å²) >= 11 is 0. The Morgan fingerprint density at radius 1 is 1.38 bits per heavy atom. The molecule has 0 aromatic heterocycles. The zero-order valence-electron chi connectivity index (χ0n) is 13.5. The molecule has 1 N–H and O–H groups in total. The van der Waals surface area contributed by atoms with Crippen molar-refractivity contribution >= 4 is 0 Å². The van der Waals surface area contributed by atoms with Gasteiger partial charge in [-0.25, -0.2) is 0 Å². The summed E-state index contributed by atoms with van der Waals surface area (Å²) in [5.41, 5.74) is 1.25. The first kappa shape index (κ1) is 16.3. The quantitative estimate of drug-likeness (QED) is 0.797. The van der Waals surface area contributed by atoms with E-state index in [-0.39, 0.29) is 0 Å². The summed E-state index contributed by atoms with van der Waals surface area (Å²) in [6.45, 7) is 6.90. The van der Waals surface area contributed by atoms with E-state index in [0.29, 0.717) is 18.6 Å². The van der Waals surface area contributed by atoms with Crippen molar-refractivity contribution in [1.82, 2.24) is 10.2 Å². The molecule has 1 heterocycles. The van der Waals surface area contributed by atoms with Crippen LogP contribution in [0.15, 0.2) is 24.3 Å². The lowest BCUT2D eigenvalue weighted by Gasteiger charge is -2.25. The van der Waals surface area contributed by atoms with Crippen molar-refractivity contribution in [2.75, 3.05) is 47.0 Å². The fourth-order valence-corrected chi connectivity index (χ4v) is 3.11. The van der Waals surface area contributed by atoms with Crippen LogP contribution < -0.4 is 10.1 Å². The van der Waals surface area contributed by atoms with Gasteiger partial charge in [0, 0.05) is 31.8 Å². The van der Waals surface area contributed by atoms with Crippen LogP contribution in [-0.2, 0) is 4.74 Å². The molecule has 1 fully saturated rings. The highest BCUT2D eigenvalue weighted by Gasteiger charge is 2.25. The molecule has 2 atom stereocenters. The Kier molecular flexibility index (Phi) is 6.49. The van der Waals surface area contributed by atoms with Gasteiger partial charge >= 0.3 is 0 Å². The standard InChI is InChI=1S/C17H28N2O2/c1-4-21-17-8-6-5-7-15(17)16(18-2)12-19-10-9-14(11-19)13-20-3/h5-8,14,16,18H,4,9-13H2,1-3H3. The average Bonchev–Trinajstić information content (AvgIpc) is 2.94. The topological polar surface area (TPSA) is 33.7 Å². The molecule has 4 heteroatoms. The maximum absolute atomic E-state index is 5.77. The summed E-state index contributed by atoms with van der Waals surface area (Å²) in [5, 5.41) is 3.44. The van der Waals surface area contributed by atoms with Gasteiger partial charge in [0.15, 0.2) is 0 Å². The molecule has 0 aliphatic carbocycles. The lowest BCUT2D eigenvalue weighted by atomic mass is 10.1. The third-order valence-electron chi connectivity index (χ3n) is 4.16. The van der Waals surface area contributed by atoms with Crippen LogP contribution in [0.5, 0.6) is 5.75 Å². The summed E-state index contributed by atoms with van der Waals surface area (Å²) in [6, 6.07) is 8.63. The predicted molar refractivity (Wildman–Crippen MR) is 85.8 cm³/mol. The van der Waals surface area contributed by atoms with Gasteiger partial charge in [-0.15, -0.1) is 0 Å². The van der Waals surface area contributed by atoms with Crippen molar-refractivity contribution in [2.24, 2.45) is 5.92 Å². The number of para-hydroxylation sites is 1. The minimum Gasteiger partial charge on any atom is -0.494 e. The molecule has 1 aromatic rings. The van der Waals surface area contributed by atoms with Gasteiger partial charge in [-0.3, -0.25) is 0 Å². The van der Waals surface area contributed by atoms with E-state index in [1.165, 1.54) is 12.0 Å². The Morgan fingerprint density at radius 2 is 2.19 bits per heavy atom. The van der Waals surface area contributed by atoms with E-state index in [2.05, 4.69) is 28.4 Å². The van der Waals surface area contributed by atoms with E-state index in [9.17, 15) is 0 Å². The second kappa shape index (κ2) is 8.37. The third kappa shape index (κ3) is 4.43. The summed E-state index contributed by atoms with van der Waals surface area (Å²) < 4.78 is 11.0. The van der Waals surface area contributed by atoms with Crippen LogP contribution in [0.2, 0.25) is 0 Å². The smallest absolute Gasteiger partial charge is 0.124 e. The number of rotatable bonds is 8. The number of nitrogens with zero attached hydrogens (tertiary/aromatic N) is 1. The molecular weight excluding hydrogens is 264 g/mol. The number of hydrogen-bond acceptors (Lipinski definition) is 4. The molecule has 1 aromatic carbocycles. The maximum atomic E-state index is 5.77. The Hall–Kier alpha value is -1.10. The number of likely N-dealkylation sites (tertiary alicyclic amines) is 1. The first-order chi connectivity index (χ1) is 10.3. The van der Waals surface area contributed by atoms with Crippen molar-refractivity contribution in [3.05, 3.63) is 29.8 Å². The van der Waals surface area contributed by atoms with Crippen molar-refractivity contribution in [3.8, 4) is 5.75 Å². The highest BCUT2D eigenvalue weighted by Crippen LogP contribution is 2.27. The number of ether oxygens (including phenoxy) is 2. The normalized spacial score (nSPS) is 20.6. The highest BCUT2D eigenvalue weighted by molar-refractivity contribution is 5.36. The van der Waals surface area contributed by atoms with Crippen molar-refractivity contribution in [3.63, 3.8) is 0 Å². The van der Waals surface area contributed by atoms with Crippen LogP contribution in [0, 0.1) is 5.92 Å². The molecule has 21 heavy (non-hydrogen) atoms. The molecule has 0 amide bonds. The Morgan fingerprint density at radius 3 is 2.90 bits per heavy atom. The second-order valence-corrected chi connectivity index (χ2v) is 5.68. The Bertz CT molecular complexity index is 425. The van der Waals surface area contributed by atoms with Gasteiger partial charge in [-0.2, -0.15) is 0 Å². The molecule has 0 bridgehead atoms. The van der Waals surface area contributed by atoms with Crippen molar-refractivity contribution in [2.45, 2.75) is 19.4 Å². The number of hydrogen-bond donors (Lipinski definition) is 1. The van der Waals surface area contributed by atoms with Crippen LogP contribution >= 0.6 is 0 Å². The molecule has 4 nitrogen and oxygen atoms in total. The van der Waals surface area contributed by atoms with E-state index < -0.39 is 0 Å². The molecule has 1 aliphatic heterocycles. The summed E-state index contributed by atoms with van der Waals surface area (Å²) in [7, 11) is 3.81. The maximum Gasteiger partial charge on any atom is 0.124 e. The van der Waals surface area contributed by atoms with Gasteiger partial charge in [-0.05, 0) is 38.9 Å². The van der Waals surface area contributed by atoms with Crippen LogP contribution in [0.25, 0.3) is 0 Å². The van der Waals surface area contributed by atoms with Crippen molar-refractivity contribution in [1.29, 1.82) is 0 Å². The fourth-order valence-electron chi connectivity index (χ4n) is 3.11. The van der Waals surface area contributed by atoms with E-state index in [0.717, 1.165) is 32.0 Å². The van der Waals surface area contributed by atoms with E-state index in [1.807, 2.05) is 20.0 Å². The first-order valence-corrected chi connectivity index (χ1v) is 7.88. The minimum atomic E-state index is 0.300. The number of benzene rings is 1. The zero-order valence-corrected chi connectivity index (χ0v) is 13.5. The molecule has 2 rings (SSSR count). The number of nitrogens with one attached hydrogen (secondary N) is 1. The van der Waals surface area contributed by atoms with Crippen LogP contribution in [0.1, 0.15) is 24.9 Å². The SMILES string of the molecule is CCOc1ccccc1C(CN1CCC(COC)C1)NC. The second-order valence-electron chi connectivity index (χ2n) is 5.68. The monoisotopic (exact) mass is 292 g/mol. The highest BCUT2D eigenvalue weighted by atomic mass is 16.5. The molecule has 1 saturated heterocycles. The molecule has 0 radical (unpaired) electrons. The average molecular weight is 292 g/mol. The van der Waals surface area contributed by atoms with Gasteiger partial charge in [0.25, 0.3) is 0 Å². The van der Waals surface area contributed by atoms with Crippen LogP contribution in [-0.4, -0.2) is 51.9 Å². The van der Waals surface area contributed by atoms with Crippen molar-refractivity contribution < 1.29 is 9.47 Å². The summed E-state index contributed by atoms with van der Waals surface area (Å²) in [5.74, 6) is 1.67. The largest absolute Gasteiger partial charge is 0.494 e. The van der Waals surface area contributed by atoms with Gasteiger partial charge in [0.2, 0.25) is 0 Å². The molecule has 0 saturated carbocycles. The predicted octanol–water partition coefficient (Wildman–Crippen LogP) is 2.31. The molecule has 118 valence electrons. The molecule has 1 aliphatic rings. The number of methoxy groups -OCH3 is 1. The lowest BCUT2D eigenvalue weighted by molar-refractivity contribution is 0.152. The Labute approximate surface area is 128 Å².